The van der Waals surface area contributed by atoms with Crippen molar-refractivity contribution < 1.29 is 14.7 Å². The van der Waals surface area contributed by atoms with Crippen molar-refractivity contribution in [1.82, 2.24) is 9.80 Å². The summed E-state index contributed by atoms with van der Waals surface area (Å²) >= 11 is 0. The van der Waals surface area contributed by atoms with Crippen LogP contribution in [0.2, 0.25) is 0 Å². The van der Waals surface area contributed by atoms with Crippen LogP contribution in [0.4, 0.5) is 4.79 Å². The molecule has 2 atom stereocenters. The van der Waals surface area contributed by atoms with Crippen molar-refractivity contribution in [3.8, 4) is 6.07 Å². The van der Waals surface area contributed by atoms with Gasteiger partial charge in [-0.05, 0) is 33.6 Å². The molecular weight excluding hydrogens is 258 g/mol. The second kappa shape index (κ2) is 6.60. The van der Waals surface area contributed by atoms with Crippen molar-refractivity contribution >= 4 is 12.0 Å². The number of amides is 2. The van der Waals surface area contributed by atoms with Crippen LogP contribution in [0.3, 0.4) is 0 Å². The van der Waals surface area contributed by atoms with Crippen LogP contribution in [0.1, 0.15) is 33.6 Å². The maximum atomic E-state index is 12.4. The number of hydrogen-bond donors (Lipinski definition) is 1. The Morgan fingerprint density at radius 2 is 2.20 bits per heavy atom. The lowest BCUT2D eigenvalue weighted by atomic mass is 9.82. The molecule has 1 aliphatic heterocycles. The topological polar surface area (TPSA) is 84.6 Å². The van der Waals surface area contributed by atoms with Crippen molar-refractivity contribution in [2.45, 2.75) is 33.6 Å². The second-order valence-corrected chi connectivity index (χ2v) is 5.74. The van der Waals surface area contributed by atoms with Gasteiger partial charge in [-0.25, -0.2) is 4.79 Å². The zero-order valence-electron chi connectivity index (χ0n) is 12.4. The molecule has 1 fully saturated rings. The first-order valence-electron chi connectivity index (χ1n) is 7.01. The number of carbonyl (C=O) groups is 2. The van der Waals surface area contributed by atoms with Gasteiger partial charge in [0, 0.05) is 26.2 Å². The van der Waals surface area contributed by atoms with Crippen molar-refractivity contribution in [2.24, 2.45) is 11.3 Å². The van der Waals surface area contributed by atoms with Gasteiger partial charge < -0.3 is 14.9 Å². The third-order valence-electron chi connectivity index (χ3n) is 3.85. The van der Waals surface area contributed by atoms with E-state index in [2.05, 4.69) is 6.07 Å². The zero-order chi connectivity index (χ0) is 15.3. The molecule has 0 radical (unpaired) electrons. The molecule has 0 aromatic heterocycles. The lowest BCUT2D eigenvalue weighted by molar-refractivity contribution is -0.150. The van der Waals surface area contributed by atoms with E-state index in [1.54, 1.807) is 23.6 Å². The molecule has 1 heterocycles. The summed E-state index contributed by atoms with van der Waals surface area (Å²) < 4.78 is 0. The van der Waals surface area contributed by atoms with Gasteiger partial charge in [-0.3, -0.25) is 4.79 Å². The Morgan fingerprint density at radius 1 is 1.55 bits per heavy atom. The quantitative estimate of drug-likeness (QED) is 0.851. The Labute approximate surface area is 120 Å². The number of nitriles is 1. The van der Waals surface area contributed by atoms with Crippen molar-refractivity contribution in [3.05, 3.63) is 0 Å². The summed E-state index contributed by atoms with van der Waals surface area (Å²) in [6, 6.07) is 1.95. The van der Waals surface area contributed by atoms with Gasteiger partial charge in [-0.15, -0.1) is 0 Å². The predicted molar refractivity (Wildman–Crippen MR) is 74.0 cm³/mol. The Hall–Kier alpha value is -1.77. The number of rotatable bonds is 4. The van der Waals surface area contributed by atoms with Crippen LogP contribution in [-0.4, -0.2) is 53.1 Å². The average molecular weight is 281 g/mol. The molecule has 0 aromatic rings. The summed E-state index contributed by atoms with van der Waals surface area (Å²) in [5, 5.41) is 18.1. The largest absolute Gasteiger partial charge is 0.481 e. The van der Waals surface area contributed by atoms with Gasteiger partial charge in [-0.1, -0.05) is 0 Å². The number of carbonyl (C=O) groups excluding carboxylic acids is 1. The highest BCUT2D eigenvalue weighted by Crippen LogP contribution is 2.30. The summed E-state index contributed by atoms with van der Waals surface area (Å²) in [7, 11) is 0. The highest BCUT2D eigenvalue weighted by atomic mass is 16.4. The molecule has 2 unspecified atom stereocenters. The molecule has 1 rings (SSSR count). The van der Waals surface area contributed by atoms with Gasteiger partial charge in [0.2, 0.25) is 0 Å². The number of nitrogens with zero attached hydrogens (tertiary/aromatic N) is 3. The minimum Gasteiger partial charge on any atom is -0.481 e. The highest BCUT2D eigenvalue weighted by Gasteiger charge is 2.40. The van der Waals surface area contributed by atoms with E-state index in [0.29, 0.717) is 32.5 Å². The number of carboxylic acid groups (broad SMARTS) is 1. The van der Waals surface area contributed by atoms with E-state index in [4.69, 9.17) is 5.26 Å². The fourth-order valence-electron chi connectivity index (χ4n) is 2.49. The number of piperidine rings is 1. The van der Waals surface area contributed by atoms with E-state index in [-0.39, 0.29) is 18.5 Å². The summed E-state index contributed by atoms with van der Waals surface area (Å²) in [6.45, 7) is 7.04. The maximum absolute atomic E-state index is 12.4. The van der Waals surface area contributed by atoms with E-state index in [9.17, 15) is 14.7 Å². The molecule has 112 valence electrons. The summed E-state index contributed by atoms with van der Waals surface area (Å²) in [6.07, 6.45) is 1.28. The molecule has 20 heavy (non-hydrogen) atoms. The first kappa shape index (κ1) is 16.3. The average Bonchev–Trinajstić information content (AvgIpc) is 2.43. The van der Waals surface area contributed by atoms with Crippen LogP contribution in [-0.2, 0) is 4.79 Å². The Bertz CT molecular complexity index is 418. The molecule has 1 aliphatic rings. The Balaban J connectivity index is 2.75. The summed E-state index contributed by atoms with van der Waals surface area (Å²) in [4.78, 5) is 27.0. The van der Waals surface area contributed by atoms with Crippen LogP contribution in [0, 0.1) is 22.7 Å². The molecule has 0 aliphatic carbocycles. The highest BCUT2D eigenvalue weighted by molar-refractivity contribution is 5.78. The van der Waals surface area contributed by atoms with Crippen LogP contribution >= 0.6 is 0 Å². The summed E-state index contributed by atoms with van der Waals surface area (Å²) in [5.41, 5.74) is -0.867. The third kappa shape index (κ3) is 3.62. The molecule has 6 heteroatoms. The molecule has 1 saturated heterocycles. The molecule has 0 aromatic carbocycles. The Kier molecular flexibility index (Phi) is 5.37. The number of urea groups is 1. The molecular formula is C14H23N3O3. The van der Waals surface area contributed by atoms with Crippen LogP contribution in [0.5, 0.6) is 0 Å². The number of carboxylic acids is 1. The predicted octanol–water partition coefficient (Wildman–Crippen LogP) is 1.77. The van der Waals surface area contributed by atoms with Crippen molar-refractivity contribution in [3.63, 3.8) is 0 Å². The number of likely N-dealkylation sites (tertiary alicyclic amines) is 1. The van der Waals surface area contributed by atoms with Gasteiger partial charge in [0.15, 0.2) is 0 Å². The second-order valence-electron chi connectivity index (χ2n) is 5.74. The van der Waals surface area contributed by atoms with E-state index in [1.807, 2.05) is 6.92 Å². The minimum absolute atomic E-state index is 0.165. The molecule has 2 amide bonds. The molecule has 0 saturated carbocycles. The lowest BCUT2D eigenvalue weighted by Gasteiger charge is -2.39. The lowest BCUT2D eigenvalue weighted by Crippen LogP contribution is -2.53. The van der Waals surface area contributed by atoms with Crippen molar-refractivity contribution in [1.29, 1.82) is 5.26 Å². The van der Waals surface area contributed by atoms with Crippen LogP contribution in [0.25, 0.3) is 0 Å². The smallest absolute Gasteiger partial charge is 0.320 e. The van der Waals surface area contributed by atoms with Gasteiger partial charge in [0.25, 0.3) is 0 Å². The molecule has 0 spiro atoms. The first-order valence-corrected chi connectivity index (χ1v) is 7.01. The first-order chi connectivity index (χ1) is 9.34. The monoisotopic (exact) mass is 281 g/mol. The fraction of sp³-hybridized carbons (Fsp3) is 0.786. The number of aliphatic carboxylic acids is 1. The molecule has 1 N–H and O–H groups in total. The fourth-order valence-corrected chi connectivity index (χ4v) is 2.49. The molecule has 0 bridgehead atoms. The van der Waals surface area contributed by atoms with E-state index >= 15 is 0 Å². The zero-order valence-corrected chi connectivity index (χ0v) is 12.4. The van der Waals surface area contributed by atoms with E-state index < -0.39 is 11.4 Å². The third-order valence-corrected chi connectivity index (χ3v) is 3.85. The molecule has 6 nitrogen and oxygen atoms in total. The van der Waals surface area contributed by atoms with E-state index in [1.165, 1.54) is 0 Å². The van der Waals surface area contributed by atoms with Crippen LogP contribution < -0.4 is 0 Å². The van der Waals surface area contributed by atoms with Crippen LogP contribution in [0.15, 0.2) is 0 Å². The Morgan fingerprint density at radius 3 is 2.70 bits per heavy atom. The van der Waals surface area contributed by atoms with Crippen molar-refractivity contribution in [2.75, 3.05) is 26.2 Å². The normalized spacial score (nSPS) is 23.8. The van der Waals surface area contributed by atoms with Gasteiger partial charge in [0.1, 0.15) is 0 Å². The SMILES string of the molecule is CCN(CC(C)C#N)C(=O)N1CCCC(C)(C(=O)O)C1. The standard InChI is InChI=1S/C14H23N3O3/c1-4-16(9-11(2)8-15)13(20)17-7-5-6-14(3,10-17)12(18)19/h11H,4-7,9-10H2,1-3H3,(H,18,19). The van der Waals surface area contributed by atoms with Gasteiger partial charge in [0.05, 0.1) is 17.4 Å². The summed E-state index contributed by atoms with van der Waals surface area (Å²) in [5.74, 6) is -1.09. The minimum atomic E-state index is -0.867. The van der Waals surface area contributed by atoms with E-state index in [0.717, 1.165) is 0 Å². The maximum Gasteiger partial charge on any atom is 0.320 e. The number of hydrogen-bond acceptors (Lipinski definition) is 3. The van der Waals surface area contributed by atoms with Gasteiger partial charge in [-0.2, -0.15) is 5.26 Å². The van der Waals surface area contributed by atoms with Gasteiger partial charge >= 0.3 is 12.0 Å².